The Kier molecular flexibility index (Phi) is 8.55. The molecule has 56 heavy (non-hydrogen) atoms. The number of hydrogen-bond donors (Lipinski definition) is 0. The van der Waals surface area contributed by atoms with Gasteiger partial charge in [0.1, 0.15) is 11.2 Å². The topological polar surface area (TPSA) is 16.4 Å². The summed E-state index contributed by atoms with van der Waals surface area (Å²) in [5.74, 6) is 0. The van der Waals surface area contributed by atoms with E-state index < -0.39 is 0 Å². The number of anilines is 3. The van der Waals surface area contributed by atoms with Gasteiger partial charge in [-0.2, -0.15) is 0 Å². The molecular weight excluding hydrogens is 679 g/mol. The maximum absolute atomic E-state index is 6.48. The lowest BCUT2D eigenvalue weighted by Crippen LogP contribution is -2.12. The third-order valence-corrected chi connectivity index (χ3v) is 10.7. The van der Waals surface area contributed by atoms with E-state index in [1.54, 1.807) is 0 Å². The van der Waals surface area contributed by atoms with E-state index in [-0.39, 0.29) is 0 Å². The van der Waals surface area contributed by atoms with E-state index in [1.807, 2.05) is 6.07 Å². The van der Waals surface area contributed by atoms with Crippen molar-refractivity contribution in [1.29, 1.82) is 0 Å². The quantitative estimate of drug-likeness (QED) is 0.156. The van der Waals surface area contributed by atoms with Crippen molar-refractivity contribution in [2.24, 2.45) is 0 Å². The smallest absolute Gasteiger partial charge is 0.137 e. The van der Waals surface area contributed by atoms with E-state index in [1.165, 1.54) is 38.9 Å². The van der Waals surface area contributed by atoms with E-state index in [4.69, 9.17) is 4.42 Å². The van der Waals surface area contributed by atoms with Gasteiger partial charge in [0, 0.05) is 16.6 Å². The fourth-order valence-electron chi connectivity index (χ4n) is 8.08. The molecule has 2 heteroatoms. The number of nitrogens with zero attached hydrogens (tertiary/aromatic N) is 1. The summed E-state index contributed by atoms with van der Waals surface area (Å²) in [6.45, 7) is 0. The van der Waals surface area contributed by atoms with Gasteiger partial charge in [-0.15, -0.1) is 0 Å². The van der Waals surface area contributed by atoms with E-state index in [0.29, 0.717) is 0 Å². The van der Waals surface area contributed by atoms with Gasteiger partial charge in [-0.1, -0.05) is 182 Å². The molecule has 0 N–H and O–H groups in total. The molecule has 0 spiro atoms. The molecule has 0 saturated carbocycles. The van der Waals surface area contributed by atoms with Gasteiger partial charge in [0.15, 0.2) is 0 Å². The summed E-state index contributed by atoms with van der Waals surface area (Å²) in [7, 11) is 0. The fourth-order valence-corrected chi connectivity index (χ4v) is 8.08. The first kappa shape index (κ1) is 33.2. The molecule has 9 aromatic carbocycles. The van der Waals surface area contributed by atoms with Gasteiger partial charge in [-0.05, 0) is 92.5 Å². The average Bonchev–Trinajstić information content (AvgIpc) is 3.67. The van der Waals surface area contributed by atoms with E-state index in [9.17, 15) is 0 Å². The van der Waals surface area contributed by atoms with Crippen LogP contribution in [0.25, 0.3) is 77.6 Å². The summed E-state index contributed by atoms with van der Waals surface area (Å²) in [5, 5.41) is 2.17. The highest BCUT2D eigenvalue weighted by atomic mass is 16.3. The average molecular weight is 716 g/mol. The van der Waals surface area contributed by atoms with Gasteiger partial charge in [0.25, 0.3) is 0 Å². The molecule has 10 aromatic rings. The van der Waals surface area contributed by atoms with E-state index in [0.717, 1.165) is 55.7 Å². The van der Waals surface area contributed by atoms with Crippen LogP contribution in [-0.2, 0) is 0 Å². The first-order chi connectivity index (χ1) is 27.8. The van der Waals surface area contributed by atoms with Crippen LogP contribution in [0.3, 0.4) is 0 Å². The SMILES string of the molecule is c1ccc(-c2ccc(N(c3ccccc3-c3cc(-c4ccccc4)ccc3-c3ccccc3-c3ccccc3)c3cccc4oc5ccccc5c34)cc2)cc1. The standard InChI is InChI=1S/C54H37NO/c1-4-17-38(18-5-1)40-31-34-43(35-32-40)55(51-28-16-30-53-54(51)48-26-13-15-29-52(48)56-53)50-27-14-12-25-47(50)49-37-42(39-19-6-2-7-20-39)33-36-46(49)45-24-11-10-23-44(45)41-21-8-3-9-22-41/h1-37H. The van der Waals surface area contributed by atoms with Gasteiger partial charge in [-0.3, -0.25) is 0 Å². The highest BCUT2D eigenvalue weighted by Crippen LogP contribution is 2.49. The van der Waals surface area contributed by atoms with E-state index >= 15 is 0 Å². The van der Waals surface area contributed by atoms with Crippen LogP contribution in [0.2, 0.25) is 0 Å². The van der Waals surface area contributed by atoms with Gasteiger partial charge in [-0.25, -0.2) is 0 Å². The maximum atomic E-state index is 6.48. The minimum atomic E-state index is 0.857. The Morgan fingerprint density at radius 3 is 1.52 bits per heavy atom. The summed E-state index contributed by atoms with van der Waals surface area (Å²) in [5.41, 5.74) is 16.6. The lowest BCUT2D eigenvalue weighted by molar-refractivity contribution is 0.669. The van der Waals surface area contributed by atoms with Gasteiger partial charge < -0.3 is 9.32 Å². The molecule has 0 radical (unpaired) electrons. The van der Waals surface area contributed by atoms with Crippen molar-refractivity contribution in [1.82, 2.24) is 0 Å². The highest BCUT2D eigenvalue weighted by molar-refractivity contribution is 6.14. The van der Waals surface area contributed by atoms with Crippen LogP contribution in [0.1, 0.15) is 0 Å². The number of hydrogen-bond acceptors (Lipinski definition) is 2. The van der Waals surface area contributed by atoms with Crippen LogP contribution in [0.5, 0.6) is 0 Å². The molecule has 1 heterocycles. The minimum Gasteiger partial charge on any atom is -0.456 e. The molecule has 10 rings (SSSR count). The second-order valence-corrected chi connectivity index (χ2v) is 14.1. The molecule has 264 valence electrons. The van der Waals surface area contributed by atoms with Gasteiger partial charge in [0.05, 0.1) is 16.8 Å². The predicted octanol–water partition coefficient (Wildman–Crippen LogP) is 15.4. The van der Waals surface area contributed by atoms with Crippen LogP contribution in [0.4, 0.5) is 17.1 Å². The molecule has 0 aliphatic heterocycles. The van der Waals surface area contributed by atoms with Crippen molar-refractivity contribution in [3.05, 3.63) is 224 Å². The zero-order valence-corrected chi connectivity index (χ0v) is 30.7. The highest BCUT2D eigenvalue weighted by Gasteiger charge is 2.24. The van der Waals surface area contributed by atoms with Crippen molar-refractivity contribution in [3.8, 4) is 55.6 Å². The summed E-state index contributed by atoms with van der Waals surface area (Å²) < 4.78 is 6.48. The molecule has 0 atom stereocenters. The molecule has 0 fully saturated rings. The molecule has 0 aliphatic rings. The second-order valence-electron chi connectivity index (χ2n) is 14.1. The summed E-state index contributed by atoms with van der Waals surface area (Å²) >= 11 is 0. The van der Waals surface area contributed by atoms with Crippen LogP contribution in [0, 0.1) is 0 Å². The Balaban J connectivity index is 1.24. The Hall–Kier alpha value is -7.42. The zero-order chi connectivity index (χ0) is 37.3. The predicted molar refractivity (Wildman–Crippen MR) is 236 cm³/mol. The van der Waals surface area contributed by atoms with Crippen molar-refractivity contribution in [3.63, 3.8) is 0 Å². The number of furan rings is 1. The summed E-state index contributed by atoms with van der Waals surface area (Å²) in [6.07, 6.45) is 0. The van der Waals surface area contributed by atoms with Crippen LogP contribution < -0.4 is 4.90 Å². The van der Waals surface area contributed by atoms with Crippen molar-refractivity contribution < 1.29 is 4.42 Å². The lowest BCUT2D eigenvalue weighted by Gasteiger charge is -2.29. The molecule has 0 amide bonds. The maximum Gasteiger partial charge on any atom is 0.137 e. The third kappa shape index (κ3) is 6.04. The van der Waals surface area contributed by atoms with Crippen molar-refractivity contribution in [2.45, 2.75) is 0 Å². The van der Waals surface area contributed by atoms with Crippen molar-refractivity contribution in [2.75, 3.05) is 4.90 Å². The zero-order valence-electron chi connectivity index (χ0n) is 30.7. The van der Waals surface area contributed by atoms with Gasteiger partial charge >= 0.3 is 0 Å². The monoisotopic (exact) mass is 715 g/mol. The normalized spacial score (nSPS) is 11.2. The number of fused-ring (bicyclic) bond motifs is 3. The molecule has 0 unspecified atom stereocenters. The molecule has 1 aromatic heterocycles. The molecular formula is C54H37NO. The summed E-state index contributed by atoms with van der Waals surface area (Å²) in [6, 6.07) is 80.1. The Morgan fingerprint density at radius 1 is 0.286 bits per heavy atom. The first-order valence-corrected chi connectivity index (χ1v) is 19.1. The Labute approximate surface area is 327 Å². The first-order valence-electron chi connectivity index (χ1n) is 19.1. The second kappa shape index (κ2) is 14.4. The van der Waals surface area contributed by atoms with Crippen LogP contribution in [0.15, 0.2) is 229 Å². The number of para-hydroxylation sites is 2. The van der Waals surface area contributed by atoms with Crippen LogP contribution >= 0.6 is 0 Å². The van der Waals surface area contributed by atoms with Crippen molar-refractivity contribution >= 4 is 39.0 Å². The number of rotatable bonds is 8. The largest absolute Gasteiger partial charge is 0.456 e. The van der Waals surface area contributed by atoms with E-state index in [2.05, 4.69) is 223 Å². The molecule has 0 bridgehead atoms. The molecule has 0 aliphatic carbocycles. The van der Waals surface area contributed by atoms with Crippen LogP contribution in [-0.4, -0.2) is 0 Å². The minimum absolute atomic E-state index is 0.857. The Bertz CT molecular complexity index is 2950. The third-order valence-electron chi connectivity index (χ3n) is 10.7. The number of benzene rings is 9. The Morgan fingerprint density at radius 2 is 0.786 bits per heavy atom. The molecule has 2 nitrogen and oxygen atoms in total. The summed E-state index contributed by atoms with van der Waals surface area (Å²) in [4.78, 5) is 2.41. The van der Waals surface area contributed by atoms with Gasteiger partial charge in [0.2, 0.25) is 0 Å². The molecule has 0 saturated heterocycles. The fraction of sp³-hybridized carbons (Fsp3) is 0. The lowest BCUT2D eigenvalue weighted by atomic mass is 9.86.